The van der Waals surface area contributed by atoms with E-state index >= 15 is 0 Å². The lowest BCUT2D eigenvalue weighted by atomic mass is 10.1. The molecular weight excluding hydrogens is 258 g/mol. The number of carbonyl (C=O) groups is 1. The van der Waals surface area contributed by atoms with E-state index in [0.717, 1.165) is 5.56 Å². The number of nitrogens with zero attached hydrogens (tertiary/aromatic N) is 1. The summed E-state index contributed by atoms with van der Waals surface area (Å²) in [6.07, 6.45) is 3.19. The fraction of sp³-hybridized carbons (Fsp3) is 0.400. The molecule has 0 saturated heterocycles. The summed E-state index contributed by atoms with van der Waals surface area (Å²) in [4.78, 5) is 13.4. The van der Waals surface area contributed by atoms with E-state index in [-0.39, 0.29) is 19.2 Å². The first-order chi connectivity index (χ1) is 9.35. The minimum Gasteiger partial charge on any atom is -0.454 e. The molecule has 0 atom stereocenters. The van der Waals surface area contributed by atoms with Gasteiger partial charge in [-0.25, -0.2) is 0 Å². The Hall–Kier alpha value is -2.01. The molecule has 0 radical (unpaired) electrons. The number of benzene rings is 1. The van der Waals surface area contributed by atoms with Crippen molar-refractivity contribution in [3.63, 3.8) is 0 Å². The van der Waals surface area contributed by atoms with Crippen molar-refractivity contribution in [1.82, 2.24) is 4.90 Å². The van der Waals surface area contributed by atoms with Crippen LogP contribution in [0.3, 0.4) is 0 Å². The van der Waals surface area contributed by atoms with Gasteiger partial charge in [0.1, 0.15) is 0 Å². The SMILES string of the molecule is CN(CC(C)(C)O)C(=O)C=Cc1ccc2c(c1)OCO2. The molecule has 1 aromatic rings. The third-order valence-electron chi connectivity index (χ3n) is 2.82. The average molecular weight is 277 g/mol. The van der Waals surface area contributed by atoms with Gasteiger partial charge in [0.25, 0.3) is 0 Å². The van der Waals surface area contributed by atoms with Crippen LogP contribution in [0.5, 0.6) is 11.5 Å². The molecule has 0 bridgehead atoms. The highest BCUT2D eigenvalue weighted by molar-refractivity contribution is 5.91. The lowest BCUT2D eigenvalue weighted by molar-refractivity contribution is -0.127. The van der Waals surface area contributed by atoms with Crippen molar-refractivity contribution < 1.29 is 19.4 Å². The maximum Gasteiger partial charge on any atom is 0.246 e. The fourth-order valence-electron chi connectivity index (χ4n) is 1.97. The number of fused-ring (bicyclic) bond motifs is 1. The predicted molar refractivity (Wildman–Crippen MR) is 75.5 cm³/mol. The van der Waals surface area contributed by atoms with E-state index in [2.05, 4.69) is 0 Å². The van der Waals surface area contributed by atoms with E-state index in [4.69, 9.17) is 9.47 Å². The van der Waals surface area contributed by atoms with Crippen molar-refractivity contribution in [3.05, 3.63) is 29.8 Å². The zero-order valence-corrected chi connectivity index (χ0v) is 11.9. The molecule has 1 aromatic carbocycles. The molecule has 108 valence electrons. The van der Waals surface area contributed by atoms with Crippen LogP contribution in [0.4, 0.5) is 0 Å². The summed E-state index contributed by atoms with van der Waals surface area (Å²) in [5, 5.41) is 9.68. The van der Waals surface area contributed by atoms with Gasteiger partial charge in [-0.3, -0.25) is 4.79 Å². The Morgan fingerprint density at radius 3 is 2.80 bits per heavy atom. The van der Waals surface area contributed by atoms with Crippen LogP contribution in [0.15, 0.2) is 24.3 Å². The molecule has 0 aromatic heterocycles. The predicted octanol–water partition coefficient (Wildman–Crippen LogP) is 1.66. The van der Waals surface area contributed by atoms with E-state index in [1.165, 1.54) is 11.0 Å². The summed E-state index contributed by atoms with van der Waals surface area (Å²) in [6.45, 7) is 3.84. The molecule has 1 aliphatic rings. The number of likely N-dealkylation sites (N-methyl/N-ethyl adjacent to an activating group) is 1. The van der Waals surface area contributed by atoms with E-state index in [1.807, 2.05) is 18.2 Å². The molecular formula is C15H19NO4. The van der Waals surface area contributed by atoms with Crippen molar-refractivity contribution in [1.29, 1.82) is 0 Å². The molecule has 5 nitrogen and oxygen atoms in total. The van der Waals surface area contributed by atoms with Crippen LogP contribution in [0, 0.1) is 0 Å². The highest BCUT2D eigenvalue weighted by atomic mass is 16.7. The lowest BCUT2D eigenvalue weighted by Gasteiger charge is -2.24. The van der Waals surface area contributed by atoms with Gasteiger partial charge in [0, 0.05) is 19.7 Å². The number of amides is 1. The summed E-state index contributed by atoms with van der Waals surface area (Å²) < 4.78 is 10.5. The van der Waals surface area contributed by atoms with Crippen molar-refractivity contribution in [3.8, 4) is 11.5 Å². The second kappa shape index (κ2) is 5.54. The first-order valence-corrected chi connectivity index (χ1v) is 6.40. The number of hydrogen-bond acceptors (Lipinski definition) is 4. The molecule has 0 spiro atoms. The third kappa shape index (κ3) is 3.74. The maximum atomic E-state index is 11.9. The smallest absolute Gasteiger partial charge is 0.246 e. The van der Waals surface area contributed by atoms with Crippen LogP contribution >= 0.6 is 0 Å². The number of rotatable bonds is 4. The highest BCUT2D eigenvalue weighted by Gasteiger charge is 2.18. The zero-order valence-electron chi connectivity index (χ0n) is 11.9. The number of ether oxygens (including phenoxy) is 2. The standard InChI is InChI=1S/C15H19NO4/c1-15(2,18)9-16(3)14(17)7-5-11-4-6-12-13(8-11)20-10-19-12/h4-8,18H,9-10H2,1-3H3. The van der Waals surface area contributed by atoms with Crippen molar-refractivity contribution in [2.45, 2.75) is 19.4 Å². The normalized spacial score (nSPS) is 13.8. The Morgan fingerprint density at radius 2 is 2.10 bits per heavy atom. The van der Waals surface area contributed by atoms with Gasteiger partial charge in [-0.15, -0.1) is 0 Å². The van der Waals surface area contributed by atoms with Crippen LogP contribution in [-0.4, -0.2) is 41.9 Å². The topological polar surface area (TPSA) is 59.0 Å². The van der Waals surface area contributed by atoms with Gasteiger partial charge < -0.3 is 19.5 Å². The zero-order chi connectivity index (χ0) is 14.8. The molecule has 0 unspecified atom stereocenters. The Morgan fingerprint density at radius 1 is 1.40 bits per heavy atom. The van der Waals surface area contributed by atoms with Gasteiger partial charge in [0.15, 0.2) is 11.5 Å². The van der Waals surface area contributed by atoms with Gasteiger partial charge >= 0.3 is 0 Å². The summed E-state index contributed by atoms with van der Waals surface area (Å²) >= 11 is 0. The largest absolute Gasteiger partial charge is 0.454 e. The van der Waals surface area contributed by atoms with E-state index in [9.17, 15) is 9.90 Å². The van der Waals surface area contributed by atoms with Crippen LogP contribution < -0.4 is 9.47 Å². The van der Waals surface area contributed by atoms with Gasteiger partial charge in [0.2, 0.25) is 12.7 Å². The van der Waals surface area contributed by atoms with E-state index < -0.39 is 5.60 Å². The van der Waals surface area contributed by atoms with Crippen LogP contribution in [-0.2, 0) is 4.79 Å². The molecule has 2 rings (SSSR count). The minimum absolute atomic E-state index is 0.162. The molecule has 0 aliphatic carbocycles. The number of carbonyl (C=O) groups excluding carboxylic acids is 1. The van der Waals surface area contributed by atoms with E-state index in [0.29, 0.717) is 11.5 Å². The van der Waals surface area contributed by atoms with Crippen LogP contribution in [0.25, 0.3) is 6.08 Å². The van der Waals surface area contributed by atoms with Crippen LogP contribution in [0.1, 0.15) is 19.4 Å². The molecule has 1 amide bonds. The summed E-state index contributed by atoms with van der Waals surface area (Å²) in [5.41, 5.74) is -0.0453. The van der Waals surface area contributed by atoms with Crippen molar-refractivity contribution in [2.24, 2.45) is 0 Å². The quantitative estimate of drug-likeness (QED) is 0.850. The molecule has 0 fully saturated rings. The molecule has 1 aliphatic heterocycles. The van der Waals surface area contributed by atoms with Crippen LogP contribution in [0.2, 0.25) is 0 Å². The van der Waals surface area contributed by atoms with Crippen molar-refractivity contribution >= 4 is 12.0 Å². The molecule has 0 saturated carbocycles. The highest BCUT2D eigenvalue weighted by Crippen LogP contribution is 2.32. The summed E-state index contributed by atoms with van der Waals surface area (Å²) in [7, 11) is 1.66. The molecule has 20 heavy (non-hydrogen) atoms. The fourth-order valence-corrected chi connectivity index (χ4v) is 1.97. The summed E-state index contributed by atoms with van der Waals surface area (Å²) in [5.74, 6) is 1.24. The molecule has 5 heteroatoms. The monoisotopic (exact) mass is 277 g/mol. The number of hydrogen-bond donors (Lipinski definition) is 1. The Labute approximate surface area is 118 Å². The molecule has 1 heterocycles. The summed E-state index contributed by atoms with van der Waals surface area (Å²) in [6, 6.07) is 5.49. The Kier molecular flexibility index (Phi) is 3.99. The van der Waals surface area contributed by atoms with Gasteiger partial charge in [-0.05, 0) is 37.6 Å². The second-order valence-corrected chi connectivity index (χ2v) is 5.45. The Balaban J connectivity index is 2.00. The maximum absolute atomic E-state index is 11.9. The van der Waals surface area contributed by atoms with Gasteiger partial charge in [-0.2, -0.15) is 0 Å². The third-order valence-corrected chi connectivity index (χ3v) is 2.82. The molecule has 1 N–H and O–H groups in total. The lowest BCUT2D eigenvalue weighted by Crippen LogP contribution is -2.38. The van der Waals surface area contributed by atoms with Gasteiger partial charge in [-0.1, -0.05) is 6.07 Å². The van der Waals surface area contributed by atoms with Crippen molar-refractivity contribution in [2.75, 3.05) is 20.4 Å². The number of aliphatic hydroxyl groups is 1. The first kappa shape index (κ1) is 14.4. The van der Waals surface area contributed by atoms with Gasteiger partial charge in [0.05, 0.1) is 5.60 Å². The minimum atomic E-state index is -0.906. The second-order valence-electron chi connectivity index (χ2n) is 5.45. The first-order valence-electron chi connectivity index (χ1n) is 6.40. The Bertz CT molecular complexity index is 531. The average Bonchev–Trinajstić information content (AvgIpc) is 2.81. The van der Waals surface area contributed by atoms with E-state index in [1.54, 1.807) is 27.0 Å².